The fourth-order valence-corrected chi connectivity index (χ4v) is 6.69. The summed E-state index contributed by atoms with van der Waals surface area (Å²) in [6.45, 7) is 6.11. The lowest BCUT2D eigenvalue weighted by Gasteiger charge is -2.36. The average molecular weight is 448 g/mol. The molecular formula is C18H29N3O6S2. The number of fused-ring (bicyclic) bond motifs is 1. The van der Waals surface area contributed by atoms with Gasteiger partial charge in [-0.2, -0.15) is 21.3 Å². The maximum atomic E-state index is 13.0. The molecule has 1 fully saturated rings. The summed E-state index contributed by atoms with van der Waals surface area (Å²) >= 11 is 0. The van der Waals surface area contributed by atoms with Gasteiger partial charge in [-0.15, -0.1) is 0 Å². The lowest BCUT2D eigenvalue weighted by atomic mass is 10.3. The molecule has 2 aliphatic rings. The van der Waals surface area contributed by atoms with Crippen molar-refractivity contribution in [3.63, 3.8) is 0 Å². The average Bonchev–Trinajstić information content (AvgIpc) is 2.73. The summed E-state index contributed by atoms with van der Waals surface area (Å²) in [5, 5.41) is 0. The molecule has 0 bridgehead atoms. The predicted molar refractivity (Wildman–Crippen MR) is 109 cm³/mol. The summed E-state index contributed by atoms with van der Waals surface area (Å²) in [4.78, 5) is 0.122. The largest absolute Gasteiger partial charge is 0.486 e. The molecule has 164 valence electrons. The van der Waals surface area contributed by atoms with Gasteiger partial charge in [0.2, 0.25) is 10.0 Å². The normalized spacial score (nSPS) is 18.9. The zero-order chi connectivity index (χ0) is 21.1. The predicted octanol–water partition coefficient (Wildman–Crippen LogP) is 1.13. The minimum Gasteiger partial charge on any atom is -0.486 e. The Kier molecular flexibility index (Phi) is 7.05. The first-order valence-corrected chi connectivity index (χ1v) is 12.8. The van der Waals surface area contributed by atoms with Crippen LogP contribution in [0.3, 0.4) is 0 Å². The molecule has 11 heteroatoms. The molecule has 1 aromatic rings. The molecule has 1 aromatic carbocycles. The van der Waals surface area contributed by atoms with Crippen molar-refractivity contribution in [2.24, 2.45) is 0 Å². The Bertz CT molecular complexity index is 906. The van der Waals surface area contributed by atoms with Gasteiger partial charge in [-0.1, -0.05) is 13.8 Å². The van der Waals surface area contributed by atoms with Gasteiger partial charge in [-0.25, -0.2) is 8.42 Å². The van der Waals surface area contributed by atoms with Crippen LogP contribution >= 0.6 is 0 Å². The highest BCUT2D eigenvalue weighted by molar-refractivity contribution is 7.89. The molecule has 0 N–H and O–H groups in total. The van der Waals surface area contributed by atoms with Crippen molar-refractivity contribution in [3.05, 3.63) is 18.2 Å². The topological polar surface area (TPSA) is 96.5 Å². The van der Waals surface area contributed by atoms with Crippen molar-refractivity contribution >= 4 is 20.2 Å². The third kappa shape index (κ3) is 4.69. The Balaban J connectivity index is 1.71. The van der Waals surface area contributed by atoms with Crippen LogP contribution in [0, 0.1) is 0 Å². The van der Waals surface area contributed by atoms with Crippen molar-refractivity contribution in [1.29, 1.82) is 0 Å². The van der Waals surface area contributed by atoms with Crippen LogP contribution in [0.5, 0.6) is 11.5 Å². The number of benzene rings is 1. The lowest BCUT2D eigenvalue weighted by Crippen LogP contribution is -2.54. The monoisotopic (exact) mass is 447 g/mol. The molecule has 9 nitrogen and oxygen atoms in total. The molecule has 0 spiro atoms. The molecule has 0 amide bonds. The molecule has 0 aromatic heterocycles. The number of sulfonamides is 1. The van der Waals surface area contributed by atoms with E-state index in [9.17, 15) is 16.8 Å². The molecule has 1 saturated heterocycles. The molecule has 0 aliphatic carbocycles. The molecule has 0 saturated carbocycles. The third-order valence-corrected chi connectivity index (χ3v) is 8.88. The van der Waals surface area contributed by atoms with Crippen LogP contribution in [-0.2, 0) is 20.2 Å². The number of rotatable bonds is 8. The van der Waals surface area contributed by atoms with Crippen LogP contribution in [0.1, 0.15) is 26.7 Å². The number of hydrogen-bond acceptors (Lipinski definition) is 6. The Morgan fingerprint density at radius 2 is 1.41 bits per heavy atom. The zero-order valence-electron chi connectivity index (χ0n) is 16.9. The minimum absolute atomic E-state index is 0.113. The van der Waals surface area contributed by atoms with E-state index in [-0.39, 0.29) is 31.1 Å². The second kappa shape index (κ2) is 9.17. The molecule has 0 unspecified atom stereocenters. The van der Waals surface area contributed by atoms with Gasteiger partial charge in [-0.3, -0.25) is 0 Å². The van der Waals surface area contributed by atoms with Crippen molar-refractivity contribution in [2.45, 2.75) is 31.6 Å². The van der Waals surface area contributed by atoms with E-state index in [1.54, 1.807) is 6.07 Å². The number of nitrogens with zero attached hydrogens (tertiary/aromatic N) is 3. The van der Waals surface area contributed by atoms with Gasteiger partial charge in [-0.05, 0) is 25.0 Å². The van der Waals surface area contributed by atoms with Crippen LogP contribution in [0.4, 0.5) is 0 Å². The maximum absolute atomic E-state index is 13.0. The first-order valence-electron chi connectivity index (χ1n) is 9.95. The van der Waals surface area contributed by atoms with Crippen molar-refractivity contribution in [1.82, 2.24) is 12.9 Å². The fourth-order valence-electron chi connectivity index (χ4n) is 3.48. The standard InChI is InChI=1S/C18H29N3O6S2/c1-3-7-20(8-4-2)29(24,25)21-11-9-19(10-12-21)28(22,23)16-5-6-17-18(15-16)27-14-13-26-17/h5-6,15H,3-4,7-14H2,1-2H3. The number of hydrogen-bond donors (Lipinski definition) is 0. The second-order valence-corrected chi connectivity index (χ2v) is 10.9. The zero-order valence-corrected chi connectivity index (χ0v) is 18.5. The fraction of sp³-hybridized carbons (Fsp3) is 0.667. The molecular weight excluding hydrogens is 418 g/mol. The van der Waals surface area contributed by atoms with Gasteiger partial charge in [0.05, 0.1) is 4.90 Å². The summed E-state index contributed by atoms with van der Waals surface area (Å²) in [6, 6.07) is 4.56. The first-order chi connectivity index (χ1) is 13.8. The Morgan fingerprint density at radius 1 is 0.862 bits per heavy atom. The quantitative estimate of drug-likeness (QED) is 0.593. The SMILES string of the molecule is CCCN(CCC)S(=O)(=O)N1CCN(S(=O)(=O)c2ccc3c(c2)OCCO3)CC1. The van der Waals surface area contributed by atoms with Crippen LogP contribution < -0.4 is 9.47 Å². The molecule has 0 radical (unpaired) electrons. The van der Waals surface area contributed by atoms with Gasteiger partial charge in [0.15, 0.2) is 11.5 Å². The molecule has 3 rings (SSSR count). The molecule has 2 aliphatic heterocycles. The van der Waals surface area contributed by atoms with E-state index in [1.165, 1.54) is 25.0 Å². The summed E-state index contributed by atoms with van der Waals surface area (Å²) in [5.74, 6) is 0.936. The summed E-state index contributed by atoms with van der Waals surface area (Å²) in [6.07, 6.45) is 1.47. The van der Waals surface area contributed by atoms with Crippen LogP contribution in [0.2, 0.25) is 0 Å². The van der Waals surface area contributed by atoms with E-state index >= 15 is 0 Å². The smallest absolute Gasteiger partial charge is 0.282 e. The van der Waals surface area contributed by atoms with Crippen LogP contribution in [0.25, 0.3) is 0 Å². The maximum Gasteiger partial charge on any atom is 0.282 e. The number of ether oxygens (including phenoxy) is 2. The first kappa shape index (κ1) is 22.3. The Morgan fingerprint density at radius 3 is 2.00 bits per heavy atom. The summed E-state index contributed by atoms with van der Waals surface area (Å²) in [5.41, 5.74) is 0. The van der Waals surface area contributed by atoms with Gasteiger partial charge in [0.1, 0.15) is 13.2 Å². The van der Waals surface area contributed by atoms with E-state index in [2.05, 4.69) is 0 Å². The minimum atomic E-state index is -3.74. The third-order valence-electron chi connectivity index (χ3n) is 4.95. The highest BCUT2D eigenvalue weighted by atomic mass is 32.2. The summed E-state index contributed by atoms with van der Waals surface area (Å²) < 4.78 is 67.0. The number of piperazine rings is 1. The lowest BCUT2D eigenvalue weighted by molar-refractivity contribution is 0.171. The Hall–Kier alpha value is -1.40. The molecule has 29 heavy (non-hydrogen) atoms. The highest BCUT2D eigenvalue weighted by Gasteiger charge is 2.35. The van der Waals surface area contributed by atoms with E-state index < -0.39 is 20.2 Å². The molecule has 0 atom stereocenters. The van der Waals surface area contributed by atoms with Crippen LogP contribution in [0.15, 0.2) is 23.1 Å². The highest BCUT2D eigenvalue weighted by Crippen LogP contribution is 2.33. The van der Waals surface area contributed by atoms with E-state index in [0.717, 1.165) is 12.8 Å². The van der Waals surface area contributed by atoms with Crippen molar-refractivity contribution in [3.8, 4) is 11.5 Å². The van der Waals surface area contributed by atoms with E-state index in [1.807, 2.05) is 13.8 Å². The summed E-state index contributed by atoms with van der Waals surface area (Å²) in [7, 11) is -7.33. The van der Waals surface area contributed by atoms with Gasteiger partial charge in [0.25, 0.3) is 10.2 Å². The molecule has 2 heterocycles. The van der Waals surface area contributed by atoms with Gasteiger partial charge < -0.3 is 9.47 Å². The van der Waals surface area contributed by atoms with Gasteiger partial charge >= 0.3 is 0 Å². The van der Waals surface area contributed by atoms with E-state index in [0.29, 0.717) is 37.8 Å². The van der Waals surface area contributed by atoms with Crippen molar-refractivity contribution < 1.29 is 26.3 Å². The van der Waals surface area contributed by atoms with Gasteiger partial charge in [0, 0.05) is 45.3 Å². The second-order valence-electron chi connectivity index (χ2n) is 7.02. The van der Waals surface area contributed by atoms with Crippen molar-refractivity contribution in [2.75, 3.05) is 52.5 Å². The van der Waals surface area contributed by atoms with E-state index in [4.69, 9.17) is 9.47 Å². The van der Waals surface area contributed by atoms with Crippen LogP contribution in [-0.4, -0.2) is 82.2 Å². The Labute approximate surface area is 173 Å².